The van der Waals surface area contributed by atoms with Gasteiger partial charge in [0, 0.05) is 0 Å². The summed E-state index contributed by atoms with van der Waals surface area (Å²) in [5, 5.41) is 0. The predicted octanol–water partition coefficient (Wildman–Crippen LogP) is 4.45. The number of hydrogen-bond acceptors (Lipinski definition) is 2. The molecule has 0 N–H and O–H groups in total. The number of hydrogen-bond donors (Lipinski definition) is 0. The normalized spacial score (nSPS) is 30.7. The van der Waals surface area contributed by atoms with Crippen molar-refractivity contribution < 1.29 is 9.53 Å². The fraction of sp³-hybridized carbons (Fsp3) is 0.786. The Hall–Kier alpha value is -0.210. The first kappa shape index (κ1) is 14.2. The maximum atomic E-state index is 12.1. The van der Waals surface area contributed by atoms with E-state index < -0.39 is 0 Å². The predicted molar refractivity (Wildman–Crippen MR) is 73.5 cm³/mol. The Labute approximate surface area is 119 Å². The molecule has 0 amide bonds. The van der Waals surface area contributed by atoms with E-state index in [0.717, 1.165) is 12.8 Å². The molecule has 0 aromatic carbocycles. The van der Waals surface area contributed by atoms with Crippen LogP contribution in [0.4, 0.5) is 0 Å². The van der Waals surface area contributed by atoms with Gasteiger partial charge in [-0.25, -0.2) is 0 Å². The second-order valence-corrected chi connectivity index (χ2v) is 6.99. The van der Waals surface area contributed by atoms with E-state index in [0.29, 0.717) is 0 Å². The zero-order valence-electron chi connectivity index (χ0n) is 10.9. The summed E-state index contributed by atoms with van der Waals surface area (Å²) < 4.78 is 5.85. The molecule has 4 heteroatoms. The van der Waals surface area contributed by atoms with Gasteiger partial charge in [-0.1, -0.05) is 43.5 Å². The van der Waals surface area contributed by atoms with Crippen molar-refractivity contribution in [3.63, 3.8) is 0 Å². The van der Waals surface area contributed by atoms with Crippen LogP contribution in [0.1, 0.15) is 46.0 Å². The highest BCUT2D eigenvalue weighted by molar-refractivity contribution is 6.55. The molecule has 2 nitrogen and oxygen atoms in total. The maximum Gasteiger partial charge on any atom is 0.310 e. The van der Waals surface area contributed by atoms with Crippen molar-refractivity contribution in [3.8, 4) is 0 Å². The van der Waals surface area contributed by atoms with E-state index >= 15 is 0 Å². The highest BCUT2D eigenvalue weighted by Gasteiger charge is 2.61. The molecule has 2 aliphatic carbocycles. The van der Waals surface area contributed by atoms with Crippen molar-refractivity contribution in [2.24, 2.45) is 17.3 Å². The molecule has 0 spiro atoms. The molecule has 2 aliphatic rings. The van der Waals surface area contributed by atoms with Crippen molar-refractivity contribution in [2.75, 3.05) is 0 Å². The van der Waals surface area contributed by atoms with E-state index in [1.165, 1.54) is 19.3 Å². The van der Waals surface area contributed by atoms with Gasteiger partial charge in [-0.15, -0.1) is 0 Å². The van der Waals surface area contributed by atoms with Gasteiger partial charge < -0.3 is 4.74 Å². The minimum Gasteiger partial charge on any atom is -0.462 e. The van der Waals surface area contributed by atoms with E-state index in [-0.39, 0.29) is 33.8 Å². The largest absolute Gasteiger partial charge is 0.462 e. The summed E-state index contributed by atoms with van der Waals surface area (Å²) in [5.41, 5.74) is -0.0826. The van der Waals surface area contributed by atoms with Gasteiger partial charge >= 0.3 is 5.97 Å². The SMILES string of the molecule is CC1(C)[C@H](C=C(Cl)Cl)[C@H]1C(=O)OC1CCCCC1. The molecule has 2 saturated carbocycles. The van der Waals surface area contributed by atoms with Gasteiger partial charge in [0.25, 0.3) is 0 Å². The number of allylic oxidation sites excluding steroid dienone is 1. The molecule has 2 fully saturated rings. The third-order valence-electron chi connectivity index (χ3n) is 4.31. The van der Waals surface area contributed by atoms with Gasteiger partial charge in [0.15, 0.2) is 0 Å². The van der Waals surface area contributed by atoms with Gasteiger partial charge in [-0.2, -0.15) is 0 Å². The van der Waals surface area contributed by atoms with Crippen LogP contribution in [-0.2, 0) is 9.53 Å². The van der Waals surface area contributed by atoms with Crippen molar-refractivity contribution in [1.29, 1.82) is 0 Å². The summed E-state index contributed by atoms with van der Waals surface area (Å²) in [6.45, 7) is 4.11. The topological polar surface area (TPSA) is 26.3 Å². The number of ether oxygens (including phenoxy) is 1. The Morgan fingerprint density at radius 3 is 2.39 bits per heavy atom. The fourth-order valence-electron chi connectivity index (χ4n) is 3.00. The average molecular weight is 291 g/mol. The smallest absolute Gasteiger partial charge is 0.310 e. The zero-order valence-corrected chi connectivity index (χ0v) is 12.4. The number of carbonyl (C=O) groups excluding carboxylic acids is 1. The summed E-state index contributed by atoms with van der Waals surface area (Å²) in [6, 6.07) is 0. The molecule has 18 heavy (non-hydrogen) atoms. The summed E-state index contributed by atoms with van der Waals surface area (Å²) >= 11 is 11.4. The lowest BCUT2D eigenvalue weighted by molar-refractivity contribution is -0.153. The highest BCUT2D eigenvalue weighted by atomic mass is 35.5. The van der Waals surface area contributed by atoms with Gasteiger partial charge in [0.05, 0.1) is 5.92 Å². The van der Waals surface area contributed by atoms with Crippen LogP contribution in [0.25, 0.3) is 0 Å². The lowest BCUT2D eigenvalue weighted by Gasteiger charge is -2.22. The first-order valence-electron chi connectivity index (χ1n) is 6.66. The van der Waals surface area contributed by atoms with Crippen LogP contribution in [-0.4, -0.2) is 12.1 Å². The Kier molecular flexibility index (Phi) is 4.28. The minimum absolute atomic E-state index is 0.0808. The molecule has 2 rings (SSSR count). The van der Waals surface area contributed by atoms with Gasteiger partial charge in [0.1, 0.15) is 10.6 Å². The molecule has 2 atom stereocenters. The Balaban J connectivity index is 1.91. The Morgan fingerprint density at radius 1 is 1.22 bits per heavy atom. The van der Waals surface area contributed by atoms with Crippen molar-refractivity contribution in [3.05, 3.63) is 10.6 Å². The van der Waals surface area contributed by atoms with Crippen molar-refractivity contribution >= 4 is 29.2 Å². The molecular formula is C14H20Cl2O2. The maximum absolute atomic E-state index is 12.1. The van der Waals surface area contributed by atoms with Gasteiger partial charge in [0.2, 0.25) is 0 Å². The van der Waals surface area contributed by atoms with Crippen LogP contribution in [0, 0.1) is 17.3 Å². The number of carbonyl (C=O) groups is 1. The molecule has 0 aromatic heterocycles. The van der Waals surface area contributed by atoms with Crippen LogP contribution < -0.4 is 0 Å². The molecule has 0 heterocycles. The lowest BCUT2D eigenvalue weighted by Crippen LogP contribution is -2.23. The van der Waals surface area contributed by atoms with E-state index in [4.69, 9.17) is 27.9 Å². The molecular weight excluding hydrogens is 271 g/mol. The van der Waals surface area contributed by atoms with Crippen molar-refractivity contribution in [1.82, 2.24) is 0 Å². The summed E-state index contributed by atoms with van der Waals surface area (Å²) in [6.07, 6.45) is 7.50. The quantitative estimate of drug-likeness (QED) is 0.718. The molecule has 0 bridgehead atoms. The van der Waals surface area contributed by atoms with E-state index in [9.17, 15) is 4.79 Å². The third kappa shape index (κ3) is 3.03. The fourth-order valence-corrected chi connectivity index (χ4v) is 3.27. The Morgan fingerprint density at radius 2 is 1.83 bits per heavy atom. The third-order valence-corrected chi connectivity index (χ3v) is 4.56. The first-order valence-corrected chi connectivity index (χ1v) is 7.42. The average Bonchev–Trinajstić information content (AvgIpc) is 2.80. The van der Waals surface area contributed by atoms with Gasteiger partial charge in [-0.3, -0.25) is 4.79 Å². The first-order chi connectivity index (χ1) is 8.43. The van der Waals surface area contributed by atoms with E-state index in [1.807, 2.05) is 0 Å². The molecule has 0 radical (unpaired) electrons. The molecule has 0 saturated heterocycles. The summed E-state index contributed by atoms with van der Waals surface area (Å²) in [4.78, 5) is 12.1. The Bertz CT molecular complexity index is 353. The summed E-state index contributed by atoms with van der Waals surface area (Å²) in [5.74, 6) is -0.0618. The van der Waals surface area contributed by atoms with Crippen LogP contribution in [0.5, 0.6) is 0 Å². The van der Waals surface area contributed by atoms with E-state index in [2.05, 4.69) is 13.8 Å². The van der Waals surface area contributed by atoms with Crippen LogP contribution >= 0.6 is 23.2 Å². The van der Waals surface area contributed by atoms with Crippen LogP contribution in [0.2, 0.25) is 0 Å². The second kappa shape index (κ2) is 5.42. The van der Waals surface area contributed by atoms with Crippen LogP contribution in [0.3, 0.4) is 0 Å². The standard InChI is InChI=1S/C14H20Cl2O2/c1-14(2)10(8-11(15)16)12(14)13(17)18-9-6-4-3-5-7-9/h8-10,12H,3-7H2,1-2H3/t10-,12+/m1/s1. The highest BCUT2D eigenvalue weighted by Crippen LogP contribution is 2.60. The van der Waals surface area contributed by atoms with Gasteiger partial charge in [-0.05, 0) is 43.1 Å². The molecule has 102 valence electrons. The number of halogens is 2. The minimum atomic E-state index is -0.0908. The van der Waals surface area contributed by atoms with Crippen molar-refractivity contribution in [2.45, 2.75) is 52.1 Å². The van der Waals surface area contributed by atoms with E-state index in [1.54, 1.807) is 6.08 Å². The summed E-state index contributed by atoms with van der Waals surface area (Å²) in [7, 11) is 0. The second-order valence-electron chi connectivity index (χ2n) is 5.98. The lowest BCUT2D eigenvalue weighted by atomic mass is 9.98. The molecule has 0 aromatic rings. The number of rotatable bonds is 3. The molecule has 0 aliphatic heterocycles. The monoisotopic (exact) mass is 290 g/mol. The number of esters is 1. The zero-order chi connectivity index (χ0) is 13.3. The molecule has 0 unspecified atom stereocenters. The van der Waals surface area contributed by atoms with Crippen LogP contribution in [0.15, 0.2) is 10.6 Å².